The van der Waals surface area contributed by atoms with Crippen LogP contribution in [0.15, 0.2) is 84.7 Å². The van der Waals surface area contributed by atoms with Crippen LogP contribution in [0.2, 0.25) is 0 Å². The number of nitrogens with zero attached hydrogens (tertiary/aromatic N) is 1. The van der Waals surface area contributed by atoms with E-state index in [9.17, 15) is 0 Å². The van der Waals surface area contributed by atoms with Crippen molar-refractivity contribution in [3.05, 3.63) is 95.8 Å². The van der Waals surface area contributed by atoms with Gasteiger partial charge in [0.2, 0.25) is 0 Å². The van der Waals surface area contributed by atoms with Gasteiger partial charge < -0.3 is 4.74 Å². The van der Waals surface area contributed by atoms with Gasteiger partial charge in [0.1, 0.15) is 11.9 Å². The van der Waals surface area contributed by atoms with E-state index in [1.54, 1.807) is 0 Å². The fourth-order valence-corrected chi connectivity index (χ4v) is 3.51. The molecule has 0 bridgehead atoms. The van der Waals surface area contributed by atoms with Gasteiger partial charge in [0.05, 0.1) is 6.04 Å². The minimum absolute atomic E-state index is 0.300. The first-order chi connectivity index (χ1) is 11.9. The van der Waals surface area contributed by atoms with Crippen molar-refractivity contribution in [2.45, 2.75) is 25.0 Å². The minimum Gasteiger partial charge on any atom is -0.488 e. The first-order valence-electron chi connectivity index (χ1n) is 8.77. The van der Waals surface area contributed by atoms with Crippen LogP contribution in [0, 0.1) is 0 Å². The second kappa shape index (κ2) is 7.06. The monoisotopic (exact) mass is 317 g/mol. The summed E-state index contributed by atoms with van der Waals surface area (Å²) in [4.78, 5) is 2.50. The smallest absolute Gasteiger partial charge is 0.124 e. The molecular weight excluding hydrogens is 294 g/mol. The van der Waals surface area contributed by atoms with Crippen LogP contribution in [0.4, 0.5) is 0 Å². The number of ether oxygens (including phenoxy) is 1. The topological polar surface area (TPSA) is 12.5 Å². The molecule has 122 valence electrons. The maximum absolute atomic E-state index is 6.11. The Labute approximate surface area is 144 Å². The molecule has 2 aliphatic rings. The summed E-state index contributed by atoms with van der Waals surface area (Å²) in [6.07, 6.45) is 9.04. The third-order valence-electron chi connectivity index (χ3n) is 4.74. The highest BCUT2D eigenvalue weighted by Crippen LogP contribution is 2.33. The Kier molecular flexibility index (Phi) is 4.48. The molecule has 0 amide bonds. The maximum atomic E-state index is 6.11. The molecule has 2 aromatic carbocycles. The molecule has 0 spiro atoms. The zero-order chi connectivity index (χ0) is 16.2. The molecular formula is C22H23NO. The van der Waals surface area contributed by atoms with Crippen molar-refractivity contribution in [2.24, 2.45) is 0 Å². The van der Waals surface area contributed by atoms with E-state index >= 15 is 0 Å². The van der Waals surface area contributed by atoms with E-state index in [-0.39, 0.29) is 0 Å². The van der Waals surface area contributed by atoms with Gasteiger partial charge in [-0.15, -0.1) is 0 Å². The summed E-state index contributed by atoms with van der Waals surface area (Å²) in [6.45, 7) is 1.94. The summed E-state index contributed by atoms with van der Waals surface area (Å²) in [5, 5.41) is 0. The van der Waals surface area contributed by atoms with Gasteiger partial charge in [-0.25, -0.2) is 0 Å². The Balaban J connectivity index is 1.48. The molecule has 0 aromatic heterocycles. The fraction of sp³-hybridized carbons (Fsp3) is 0.273. The standard InChI is InChI=1S/C22H23NO/c1-4-10-18(11-5-1)22(19-12-6-2-7-13-19)23-16-21(17-23)24-20-14-8-3-9-15-20/h1-2,4-8,10-15,21-22H,3,9,16-17H2. The molecule has 0 N–H and O–H groups in total. The van der Waals surface area contributed by atoms with E-state index in [0.717, 1.165) is 31.7 Å². The largest absolute Gasteiger partial charge is 0.488 e. The Hall–Kier alpha value is -2.32. The molecule has 24 heavy (non-hydrogen) atoms. The average molecular weight is 317 g/mol. The second-order valence-electron chi connectivity index (χ2n) is 6.50. The van der Waals surface area contributed by atoms with Gasteiger partial charge in [-0.3, -0.25) is 4.90 Å². The zero-order valence-corrected chi connectivity index (χ0v) is 13.8. The van der Waals surface area contributed by atoms with Crippen molar-refractivity contribution >= 4 is 0 Å². The quantitative estimate of drug-likeness (QED) is 0.792. The molecule has 2 heteroatoms. The third kappa shape index (κ3) is 3.29. The lowest BCUT2D eigenvalue weighted by Crippen LogP contribution is -2.53. The van der Waals surface area contributed by atoms with Gasteiger partial charge in [0.25, 0.3) is 0 Å². The van der Waals surface area contributed by atoms with Crippen LogP contribution in [-0.2, 0) is 4.74 Å². The van der Waals surface area contributed by atoms with E-state index < -0.39 is 0 Å². The summed E-state index contributed by atoms with van der Waals surface area (Å²) >= 11 is 0. The van der Waals surface area contributed by atoms with Crippen LogP contribution in [-0.4, -0.2) is 24.1 Å². The summed E-state index contributed by atoms with van der Waals surface area (Å²) < 4.78 is 6.11. The summed E-state index contributed by atoms with van der Waals surface area (Å²) in [6, 6.07) is 21.8. The number of allylic oxidation sites excluding steroid dienone is 3. The Morgan fingerprint density at radius 2 is 1.46 bits per heavy atom. The van der Waals surface area contributed by atoms with Crippen LogP contribution in [0.3, 0.4) is 0 Å². The highest BCUT2D eigenvalue weighted by Gasteiger charge is 2.35. The fourth-order valence-electron chi connectivity index (χ4n) is 3.51. The Morgan fingerprint density at radius 3 is 2.00 bits per heavy atom. The summed E-state index contributed by atoms with van der Waals surface area (Å²) in [5.74, 6) is 1.04. The SMILES string of the molecule is C1=CC(OC2CN(C(c3ccccc3)c3ccccc3)C2)=CCC1. The zero-order valence-electron chi connectivity index (χ0n) is 13.8. The van der Waals surface area contributed by atoms with Crippen molar-refractivity contribution in [3.63, 3.8) is 0 Å². The van der Waals surface area contributed by atoms with E-state index in [1.807, 2.05) is 0 Å². The molecule has 2 aromatic rings. The molecule has 0 atom stereocenters. The van der Waals surface area contributed by atoms with E-state index in [2.05, 4.69) is 83.8 Å². The van der Waals surface area contributed by atoms with Crippen molar-refractivity contribution in [1.82, 2.24) is 4.90 Å². The summed E-state index contributed by atoms with van der Waals surface area (Å²) in [5.41, 5.74) is 2.69. The van der Waals surface area contributed by atoms with Crippen LogP contribution in [0.1, 0.15) is 30.0 Å². The highest BCUT2D eigenvalue weighted by molar-refractivity contribution is 5.32. The molecule has 0 saturated carbocycles. The van der Waals surface area contributed by atoms with E-state index in [4.69, 9.17) is 4.74 Å². The number of likely N-dealkylation sites (tertiary alicyclic amines) is 1. The number of benzene rings is 2. The summed E-state index contributed by atoms with van der Waals surface area (Å²) in [7, 11) is 0. The van der Waals surface area contributed by atoms with Crippen molar-refractivity contribution in [2.75, 3.05) is 13.1 Å². The molecule has 0 radical (unpaired) electrons. The van der Waals surface area contributed by atoms with E-state index in [0.29, 0.717) is 12.1 Å². The van der Waals surface area contributed by atoms with Gasteiger partial charge in [-0.05, 0) is 36.1 Å². The predicted octanol–water partition coefficient (Wildman–Crippen LogP) is 4.71. The second-order valence-corrected chi connectivity index (χ2v) is 6.50. The Bertz CT molecular complexity index is 675. The minimum atomic E-state index is 0.300. The van der Waals surface area contributed by atoms with Gasteiger partial charge in [0, 0.05) is 13.1 Å². The molecule has 4 rings (SSSR count). The molecule has 1 aliphatic heterocycles. The van der Waals surface area contributed by atoms with Crippen molar-refractivity contribution < 1.29 is 4.74 Å². The predicted molar refractivity (Wildman–Crippen MR) is 97.6 cm³/mol. The van der Waals surface area contributed by atoms with Gasteiger partial charge in [0.15, 0.2) is 0 Å². The van der Waals surface area contributed by atoms with Crippen molar-refractivity contribution in [1.29, 1.82) is 0 Å². The number of rotatable bonds is 5. The molecule has 1 fully saturated rings. The lowest BCUT2D eigenvalue weighted by Gasteiger charge is -2.44. The van der Waals surface area contributed by atoms with Crippen molar-refractivity contribution in [3.8, 4) is 0 Å². The normalized spacial score (nSPS) is 18.3. The maximum Gasteiger partial charge on any atom is 0.124 e. The average Bonchev–Trinajstić information content (AvgIpc) is 2.62. The van der Waals surface area contributed by atoms with Crippen LogP contribution < -0.4 is 0 Å². The van der Waals surface area contributed by atoms with Gasteiger partial charge in [-0.1, -0.05) is 66.7 Å². The third-order valence-corrected chi connectivity index (χ3v) is 4.74. The van der Waals surface area contributed by atoms with Crippen LogP contribution >= 0.6 is 0 Å². The van der Waals surface area contributed by atoms with Gasteiger partial charge >= 0.3 is 0 Å². The van der Waals surface area contributed by atoms with E-state index in [1.165, 1.54) is 11.1 Å². The molecule has 1 saturated heterocycles. The first-order valence-corrected chi connectivity index (χ1v) is 8.77. The number of hydrogen-bond acceptors (Lipinski definition) is 2. The highest BCUT2D eigenvalue weighted by atomic mass is 16.5. The van der Waals surface area contributed by atoms with Crippen LogP contribution in [0.5, 0.6) is 0 Å². The Morgan fingerprint density at radius 1 is 0.833 bits per heavy atom. The lowest BCUT2D eigenvalue weighted by atomic mass is 9.94. The molecule has 0 unspecified atom stereocenters. The lowest BCUT2D eigenvalue weighted by molar-refractivity contribution is -0.0336. The van der Waals surface area contributed by atoms with Crippen LogP contribution in [0.25, 0.3) is 0 Å². The number of hydrogen-bond donors (Lipinski definition) is 0. The van der Waals surface area contributed by atoms with Gasteiger partial charge in [-0.2, -0.15) is 0 Å². The molecule has 1 aliphatic carbocycles. The molecule has 1 heterocycles. The first kappa shape index (κ1) is 15.2. The molecule has 2 nitrogen and oxygen atoms in total.